The molecule has 8 nitrogen and oxygen atoms in total. The number of hydrogen-bond donors (Lipinski definition) is 1. The van der Waals surface area contributed by atoms with E-state index in [1.165, 1.54) is 13.0 Å². The second kappa shape index (κ2) is 8.03. The maximum absolute atomic E-state index is 14.4. The third-order valence-corrected chi connectivity index (χ3v) is 7.25. The molecule has 0 saturated carbocycles. The molecule has 1 saturated heterocycles. The van der Waals surface area contributed by atoms with Crippen LogP contribution in [0.4, 0.5) is 10.1 Å². The predicted molar refractivity (Wildman–Crippen MR) is 109 cm³/mol. The number of rotatable bonds is 4. The van der Waals surface area contributed by atoms with Crippen molar-refractivity contribution in [3.05, 3.63) is 59.4 Å². The first-order valence-electron chi connectivity index (χ1n) is 9.71. The summed E-state index contributed by atoms with van der Waals surface area (Å²) in [6, 6.07) is 10.1. The maximum Gasteiger partial charge on any atom is 0.339 e. The van der Waals surface area contributed by atoms with E-state index in [0.717, 1.165) is 16.4 Å². The highest BCUT2D eigenvalue weighted by atomic mass is 32.2. The number of fused-ring (bicyclic) bond motifs is 1. The lowest BCUT2D eigenvalue weighted by molar-refractivity contribution is -0.134. The van der Waals surface area contributed by atoms with Gasteiger partial charge in [-0.05, 0) is 36.8 Å². The first-order valence-corrected chi connectivity index (χ1v) is 11.1. The zero-order valence-corrected chi connectivity index (χ0v) is 17.6. The molecule has 0 aliphatic carbocycles. The van der Waals surface area contributed by atoms with Crippen LogP contribution in [0.5, 0.6) is 0 Å². The number of ether oxygens (including phenoxy) is 2. The number of morpholine rings is 1. The van der Waals surface area contributed by atoms with E-state index in [4.69, 9.17) is 9.47 Å². The summed E-state index contributed by atoms with van der Waals surface area (Å²) in [6.07, 6.45) is 0.154. The fourth-order valence-corrected chi connectivity index (χ4v) is 5.13. The number of sulfonamides is 1. The summed E-state index contributed by atoms with van der Waals surface area (Å²) in [5.41, 5.74) is -0.350. The molecule has 10 heteroatoms. The van der Waals surface area contributed by atoms with Gasteiger partial charge in [0.1, 0.15) is 10.7 Å². The van der Waals surface area contributed by atoms with Crippen molar-refractivity contribution in [2.24, 2.45) is 0 Å². The van der Waals surface area contributed by atoms with Gasteiger partial charge >= 0.3 is 5.97 Å². The average molecular weight is 448 g/mol. The molecule has 31 heavy (non-hydrogen) atoms. The molecule has 2 aromatic carbocycles. The number of cyclic esters (lactones) is 1. The Labute approximate surface area is 179 Å². The Morgan fingerprint density at radius 1 is 1.16 bits per heavy atom. The highest BCUT2D eigenvalue weighted by molar-refractivity contribution is 7.89. The number of benzene rings is 2. The Bertz CT molecular complexity index is 1150. The highest BCUT2D eigenvalue weighted by Crippen LogP contribution is 2.30. The highest BCUT2D eigenvalue weighted by Gasteiger charge is 2.42. The van der Waals surface area contributed by atoms with E-state index in [1.54, 1.807) is 24.3 Å². The van der Waals surface area contributed by atoms with Crippen LogP contribution in [0, 0.1) is 5.82 Å². The molecular weight excluding hydrogens is 427 g/mol. The van der Waals surface area contributed by atoms with E-state index >= 15 is 0 Å². The van der Waals surface area contributed by atoms with Gasteiger partial charge in [0.05, 0.1) is 18.8 Å². The van der Waals surface area contributed by atoms with Gasteiger partial charge in [0.25, 0.3) is 5.91 Å². The number of carbonyl (C=O) groups is 2. The largest absolute Gasteiger partial charge is 0.445 e. The van der Waals surface area contributed by atoms with Crippen molar-refractivity contribution in [3.8, 4) is 0 Å². The Kier molecular flexibility index (Phi) is 5.54. The summed E-state index contributed by atoms with van der Waals surface area (Å²) in [7, 11) is -4.10. The van der Waals surface area contributed by atoms with Crippen molar-refractivity contribution in [2.75, 3.05) is 31.6 Å². The van der Waals surface area contributed by atoms with Crippen LogP contribution < -0.4 is 5.32 Å². The van der Waals surface area contributed by atoms with Gasteiger partial charge in [0.15, 0.2) is 5.60 Å². The molecule has 0 radical (unpaired) electrons. The Morgan fingerprint density at radius 2 is 1.87 bits per heavy atom. The van der Waals surface area contributed by atoms with Gasteiger partial charge in [-0.2, -0.15) is 4.31 Å². The average Bonchev–Trinajstić information content (AvgIpc) is 2.75. The second-order valence-electron chi connectivity index (χ2n) is 7.57. The zero-order valence-electron chi connectivity index (χ0n) is 16.8. The van der Waals surface area contributed by atoms with Crippen molar-refractivity contribution in [2.45, 2.75) is 23.8 Å². The zero-order chi connectivity index (χ0) is 22.2. The minimum Gasteiger partial charge on any atom is -0.445 e. The van der Waals surface area contributed by atoms with E-state index in [0.29, 0.717) is 11.1 Å². The fourth-order valence-electron chi connectivity index (χ4n) is 3.63. The molecule has 1 N–H and O–H groups in total. The Hall–Kier alpha value is -2.82. The van der Waals surface area contributed by atoms with E-state index < -0.39 is 38.2 Å². The first kappa shape index (κ1) is 21.4. The Balaban J connectivity index is 1.58. The molecule has 2 aliphatic heterocycles. The lowest BCUT2D eigenvalue weighted by atomic mass is 9.89. The van der Waals surface area contributed by atoms with Gasteiger partial charge in [-0.25, -0.2) is 17.6 Å². The number of nitrogens with one attached hydrogen (secondary N) is 1. The van der Waals surface area contributed by atoms with Crippen LogP contribution in [0.1, 0.15) is 22.8 Å². The minimum absolute atomic E-state index is 0.0781. The quantitative estimate of drug-likeness (QED) is 0.718. The number of nitrogens with zero attached hydrogens (tertiary/aromatic N) is 1. The minimum atomic E-state index is -4.10. The first-order chi connectivity index (χ1) is 14.7. The molecule has 164 valence electrons. The third kappa shape index (κ3) is 4.06. The van der Waals surface area contributed by atoms with Crippen LogP contribution in [0.15, 0.2) is 47.4 Å². The Morgan fingerprint density at radius 3 is 2.61 bits per heavy atom. The smallest absolute Gasteiger partial charge is 0.339 e. The summed E-state index contributed by atoms with van der Waals surface area (Å²) in [6.45, 7) is 2.16. The summed E-state index contributed by atoms with van der Waals surface area (Å²) in [5.74, 6) is -2.18. The van der Waals surface area contributed by atoms with Crippen molar-refractivity contribution in [1.29, 1.82) is 0 Å². The molecule has 1 unspecified atom stereocenters. The van der Waals surface area contributed by atoms with Crippen molar-refractivity contribution < 1.29 is 31.9 Å². The maximum atomic E-state index is 14.4. The standard InChI is InChI=1S/C21H21FN2O6S/c1-21(13-14-4-2-3-5-16(14)19(25)30-21)20(26)23-15-6-7-17(22)18(12-15)31(27,28)24-8-10-29-11-9-24/h2-7,12H,8-11,13H2,1H3,(H,23,26). The summed E-state index contributed by atoms with van der Waals surface area (Å²) >= 11 is 0. The number of hydrogen-bond acceptors (Lipinski definition) is 6. The second-order valence-corrected chi connectivity index (χ2v) is 9.48. The van der Waals surface area contributed by atoms with Crippen LogP contribution in [0.2, 0.25) is 0 Å². The summed E-state index contributed by atoms with van der Waals surface area (Å²) in [5, 5.41) is 2.56. The molecular formula is C21H21FN2O6S. The van der Waals surface area contributed by atoms with Crippen LogP contribution in [-0.2, 0) is 30.7 Å². The number of carbonyl (C=O) groups excluding carboxylic acids is 2. The summed E-state index contributed by atoms with van der Waals surface area (Å²) < 4.78 is 51.7. The molecule has 0 bridgehead atoms. The van der Waals surface area contributed by atoms with Crippen molar-refractivity contribution in [1.82, 2.24) is 4.31 Å². The van der Waals surface area contributed by atoms with Gasteiger partial charge in [-0.1, -0.05) is 18.2 Å². The molecule has 1 fully saturated rings. The molecule has 2 heterocycles. The molecule has 1 atom stereocenters. The lowest BCUT2D eigenvalue weighted by Gasteiger charge is -2.33. The topological polar surface area (TPSA) is 102 Å². The van der Waals surface area contributed by atoms with Crippen LogP contribution in [0.3, 0.4) is 0 Å². The number of halogens is 1. The molecule has 2 aromatic rings. The molecule has 4 rings (SSSR count). The normalized spacial score (nSPS) is 21.8. The monoisotopic (exact) mass is 448 g/mol. The molecule has 0 spiro atoms. The van der Waals surface area contributed by atoms with Crippen LogP contribution >= 0.6 is 0 Å². The van der Waals surface area contributed by atoms with E-state index in [2.05, 4.69) is 5.32 Å². The van der Waals surface area contributed by atoms with Gasteiger partial charge < -0.3 is 14.8 Å². The SMILES string of the molecule is CC1(C(=O)Nc2ccc(F)c(S(=O)(=O)N3CCOCC3)c2)Cc2ccccc2C(=O)O1. The molecule has 0 aromatic heterocycles. The van der Waals surface area contributed by atoms with E-state index in [9.17, 15) is 22.4 Å². The van der Waals surface area contributed by atoms with Crippen molar-refractivity contribution in [3.63, 3.8) is 0 Å². The van der Waals surface area contributed by atoms with Gasteiger partial charge in [-0.15, -0.1) is 0 Å². The number of esters is 1. The van der Waals surface area contributed by atoms with Gasteiger partial charge in [-0.3, -0.25) is 4.79 Å². The fraction of sp³-hybridized carbons (Fsp3) is 0.333. The van der Waals surface area contributed by atoms with Gasteiger partial charge in [0.2, 0.25) is 10.0 Å². The summed E-state index contributed by atoms with van der Waals surface area (Å²) in [4.78, 5) is 24.7. The number of anilines is 1. The van der Waals surface area contributed by atoms with Gasteiger partial charge in [0, 0.05) is 25.2 Å². The van der Waals surface area contributed by atoms with E-state index in [-0.39, 0.29) is 38.4 Å². The van der Waals surface area contributed by atoms with E-state index in [1.807, 2.05) is 0 Å². The lowest BCUT2D eigenvalue weighted by Crippen LogP contribution is -2.48. The molecule has 2 aliphatic rings. The third-order valence-electron chi connectivity index (χ3n) is 5.34. The molecule has 1 amide bonds. The van der Waals surface area contributed by atoms with Crippen LogP contribution in [-0.4, -0.2) is 56.5 Å². The van der Waals surface area contributed by atoms with Crippen molar-refractivity contribution >= 4 is 27.6 Å². The number of amides is 1. The predicted octanol–water partition coefficient (Wildman–Crippen LogP) is 1.96. The van der Waals surface area contributed by atoms with Crippen LogP contribution in [0.25, 0.3) is 0 Å².